The third-order valence-corrected chi connectivity index (χ3v) is 4.02. The van der Waals surface area contributed by atoms with Crippen LogP contribution in [0.1, 0.15) is 25.3 Å². The molecule has 112 valence electrons. The molecule has 1 saturated heterocycles. The van der Waals surface area contributed by atoms with Crippen molar-refractivity contribution in [3.8, 4) is 6.07 Å². The van der Waals surface area contributed by atoms with Crippen LogP contribution < -0.4 is 5.32 Å². The SMILES string of the molecule is COC1CCN(C(C)C(=O)Nc2ccc(C#N)cc2)CC1. The monoisotopic (exact) mass is 287 g/mol. The Labute approximate surface area is 125 Å². The van der Waals surface area contributed by atoms with E-state index in [2.05, 4.69) is 16.3 Å². The molecule has 21 heavy (non-hydrogen) atoms. The zero-order chi connectivity index (χ0) is 15.2. The third-order valence-electron chi connectivity index (χ3n) is 4.02. The number of amides is 1. The van der Waals surface area contributed by atoms with Gasteiger partial charge in [-0.05, 0) is 44.0 Å². The van der Waals surface area contributed by atoms with Gasteiger partial charge in [0, 0.05) is 25.9 Å². The van der Waals surface area contributed by atoms with E-state index < -0.39 is 0 Å². The molecule has 0 spiro atoms. The number of ether oxygens (including phenoxy) is 1. The lowest BCUT2D eigenvalue weighted by molar-refractivity contribution is -0.121. The maximum absolute atomic E-state index is 12.3. The minimum Gasteiger partial charge on any atom is -0.381 e. The highest BCUT2D eigenvalue weighted by atomic mass is 16.5. The van der Waals surface area contributed by atoms with Gasteiger partial charge in [0.2, 0.25) is 5.91 Å². The summed E-state index contributed by atoms with van der Waals surface area (Å²) in [6.45, 7) is 3.67. The smallest absolute Gasteiger partial charge is 0.241 e. The molecule has 1 N–H and O–H groups in total. The molecule has 0 saturated carbocycles. The summed E-state index contributed by atoms with van der Waals surface area (Å²) in [5.74, 6) is -0.0180. The second-order valence-electron chi connectivity index (χ2n) is 5.33. The molecular weight excluding hydrogens is 266 g/mol. The number of methoxy groups -OCH3 is 1. The third kappa shape index (κ3) is 4.03. The molecule has 1 fully saturated rings. The van der Waals surface area contributed by atoms with Gasteiger partial charge in [-0.3, -0.25) is 9.69 Å². The van der Waals surface area contributed by atoms with E-state index in [-0.39, 0.29) is 11.9 Å². The molecule has 1 aromatic rings. The van der Waals surface area contributed by atoms with Crippen LogP contribution in [-0.4, -0.2) is 43.2 Å². The van der Waals surface area contributed by atoms with E-state index in [4.69, 9.17) is 10.00 Å². The van der Waals surface area contributed by atoms with Crippen LogP contribution in [0, 0.1) is 11.3 Å². The molecular formula is C16H21N3O2. The van der Waals surface area contributed by atoms with Crippen molar-refractivity contribution in [2.45, 2.75) is 31.9 Å². The largest absolute Gasteiger partial charge is 0.381 e. The Kier molecular flexibility index (Phi) is 5.32. The molecule has 1 heterocycles. The molecule has 0 radical (unpaired) electrons. The average Bonchev–Trinajstić information content (AvgIpc) is 2.55. The van der Waals surface area contributed by atoms with Gasteiger partial charge in [0.05, 0.1) is 23.8 Å². The van der Waals surface area contributed by atoms with Crippen LogP contribution in [0.3, 0.4) is 0 Å². The van der Waals surface area contributed by atoms with E-state index >= 15 is 0 Å². The van der Waals surface area contributed by atoms with Crippen molar-refractivity contribution in [2.24, 2.45) is 0 Å². The second-order valence-corrected chi connectivity index (χ2v) is 5.33. The summed E-state index contributed by atoms with van der Waals surface area (Å²) >= 11 is 0. The number of benzene rings is 1. The lowest BCUT2D eigenvalue weighted by Crippen LogP contribution is -2.47. The lowest BCUT2D eigenvalue weighted by Gasteiger charge is -2.34. The fraction of sp³-hybridized carbons (Fsp3) is 0.500. The zero-order valence-electron chi connectivity index (χ0n) is 12.5. The van der Waals surface area contributed by atoms with Crippen molar-refractivity contribution >= 4 is 11.6 Å². The summed E-state index contributed by atoms with van der Waals surface area (Å²) in [5.41, 5.74) is 1.31. The lowest BCUT2D eigenvalue weighted by atomic mass is 10.1. The quantitative estimate of drug-likeness (QED) is 0.920. The number of hydrogen-bond acceptors (Lipinski definition) is 4. The first-order chi connectivity index (χ1) is 10.1. The number of nitrogens with zero attached hydrogens (tertiary/aromatic N) is 2. The zero-order valence-corrected chi connectivity index (χ0v) is 12.5. The van der Waals surface area contributed by atoms with Gasteiger partial charge in [-0.1, -0.05) is 0 Å². The number of rotatable bonds is 4. The predicted octanol–water partition coefficient (Wildman–Crippen LogP) is 2.00. The molecule has 1 aliphatic rings. The number of piperidine rings is 1. The highest BCUT2D eigenvalue weighted by Gasteiger charge is 2.26. The van der Waals surface area contributed by atoms with E-state index in [1.54, 1.807) is 31.4 Å². The van der Waals surface area contributed by atoms with Crippen molar-refractivity contribution in [3.63, 3.8) is 0 Å². The first-order valence-electron chi connectivity index (χ1n) is 7.22. The van der Waals surface area contributed by atoms with Gasteiger partial charge in [0.25, 0.3) is 0 Å². The number of anilines is 1. The van der Waals surface area contributed by atoms with E-state index in [1.165, 1.54) is 0 Å². The maximum atomic E-state index is 12.3. The van der Waals surface area contributed by atoms with Gasteiger partial charge in [-0.25, -0.2) is 0 Å². The summed E-state index contributed by atoms with van der Waals surface area (Å²) in [5, 5.41) is 11.7. The molecule has 1 aliphatic heterocycles. The van der Waals surface area contributed by atoms with Gasteiger partial charge in [0.15, 0.2) is 0 Å². The highest BCUT2D eigenvalue weighted by Crippen LogP contribution is 2.16. The maximum Gasteiger partial charge on any atom is 0.241 e. The number of nitrogens with one attached hydrogen (secondary N) is 1. The molecule has 0 aromatic heterocycles. The van der Waals surface area contributed by atoms with E-state index in [0.29, 0.717) is 11.7 Å². The summed E-state index contributed by atoms with van der Waals surface area (Å²) in [6, 6.07) is 8.79. The predicted molar refractivity (Wildman–Crippen MR) is 80.9 cm³/mol. The Morgan fingerprint density at radius 1 is 1.38 bits per heavy atom. The molecule has 1 aromatic carbocycles. The van der Waals surface area contributed by atoms with Gasteiger partial charge >= 0.3 is 0 Å². The van der Waals surface area contributed by atoms with Crippen molar-refractivity contribution in [3.05, 3.63) is 29.8 Å². The van der Waals surface area contributed by atoms with Crippen LogP contribution in [0.15, 0.2) is 24.3 Å². The van der Waals surface area contributed by atoms with Gasteiger partial charge < -0.3 is 10.1 Å². The van der Waals surface area contributed by atoms with Crippen LogP contribution in [-0.2, 0) is 9.53 Å². The fourth-order valence-electron chi connectivity index (χ4n) is 2.54. The van der Waals surface area contributed by atoms with Crippen molar-refractivity contribution < 1.29 is 9.53 Å². The molecule has 2 rings (SSSR count). The minimum absolute atomic E-state index is 0.0180. The van der Waals surface area contributed by atoms with E-state index in [0.717, 1.165) is 31.6 Å². The Morgan fingerprint density at radius 2 is 2.00 bits per heavy atom. The molecule has 5 heteroatoms. The van der Waals surface area contributed by atoms with Gasteiger partial charge in [-0.2, -0.15) is 5.26 Å². The number of carbonyl (C=O) groups excluding carboxylic acids is 1. The molecule has 1 unspecified atom stereocenters. The summed E-state index contributed by atoms with van der Waals surface area (Å²) < 4.78 is 5.34. The van der Waals surface area contributed by atoms with Gasteiger partial charge in [-0.15, -0.1) is 0 Å². The van der Waals surface area contributed by atoms with Crippen LogP contribution in [0.25, 0.3) is 0 Å². The molecule has 0 bridgehead atoms. The first kappa shape index (κ1) is 15.5. The topological polar surface area (TPSA) is 65.4 Å². The summed E-state index contributed by atoms with van der Waals surface area (Å²) in [4.78, 5) is 14.4. The highest BCUT2D eigenvalue weighted by molar-refractivity contribution is 5.94. The standard InChI is InChI=1S/C16H21N3O2/c1-12(19-9-7-15(21-2)8-10-19)16(20)18-14-5-3-13(11-17)4-6-14/h3-6,12,15H,7-10H2,1-2H3,(H,18,20). The fourth-order valence-corrected chi connectivity index (χ4v) is 2.54. The minimum atomic E-state index is -0.168. The normalized spacial score (nSPS) is 18.0. The molecule has 0 aliphatic carbocycles. The average molecular weight is 287 g/mol. The number of hydrogen-bond donors (Lipinski definition) is 1. The first-order valence-corrected chi connectivity index (χ1v) is 7.22. The number of nitriles is 1. The van der Waals surface area contributed by atoms with Crippen LogP contribution in [0.2, 0.25) is 0 Å². The Hall–Kier alpha value is -1.90. The van der Waals surface area contributed by atoms with Crippen molar-refractivity contribution in [2.75, 3.05) is 25.5 Å². The molecule has 1 atom stereocenters. The number of likely N-dealkylation sites (tertiary alicyclic amines) is 1. The van der Waals surface area contributed by atoms with Crippen molar-refractivity contribution in [1.82, 2.24) is 4.90 Å². The second kappa shape index (κ2) is 7.21. The van der Waals surface area contributed by atoms with Crippen molar-refractivity contribution in [1.29, 1.82) is 5.26 Å². The Morgan fingerprint density at radius 3 is 2.52 bits per heavy atom. The van der Waals surface area contributed by atoms with Gasteiger partial charge in [0.1, 0.15) is 0 Å². The summed E-state index contributed by atoms with van der Waals surface area (Å²) in [6.07, 6.45) is 2.24. The van der Waals surface area contributed by atoms with Crippen LogP contribution >= 0.6 is 0 Å². The van der Waals surface area contributed by atoms with E-state index in [9.17, 15) is 4.79 Å². The van der Waals surface area contributed by atoms with Crippen LogP contribution in [0.5, 0.6) is 0 Å². The summed E-state index contributed by atoms with van der Waals surface area (Å²) in [7, 11) is 1.74. The Balaban J connectivity index is 1.89. The molecule has 1 amide bonds. The van der Waals surface area contributed by atoms with Crippen LogP contribution in [0.4, 0.5) is 5.69 Å². The van der Waals surface area contributed by atoms with E-state index in [1.807, 2.05) is 6.92 Å². The number of carbonyl (C=O) groups is 1. The Bertz CT molecular complexity index is 513. The molecule has 5 nitrogen and oxygen atoms in total.